The first-order valence-corrected chi connectivity index (χ1v) is 10.6. The van der Waals surface area contributed by atoms with Gasteiger partial charge in [0.25, 0.3) is 0 Å². The first-order valence-electron chi connectivity index (χ1n) is 10.6. The lowest BCUT2D eigenvalue weighted by atomic mass is 9.99. The highest BCUT2D eigenvalue weighted by molar-refractivity contribution is 5.85. The van der Waals surface area contributed by atoms with E-state index in [0.29, 0.717) is 0 Å². The molecule has 0 aliphatic carbocycles. The van der Waals surface area contributed by atoms with Crippen molar-refractivity contribution >= 4 is 11.9 Å². The summed E-state index contributed by atoms with van der Waals surface area (Å²) < 4.78 is 11.2. The first kappa shape index (κ1) is 23.0. The van der Waals surface area contributed by atoms with E-state index in [0.717, 1.165) is 70.4 Å². The topological polar surface area (TPSA) is 66.4 Å². The Hall–Kier alpha value is -2.28. The molecule has 1 N–H and O–H groups in total. The Balaban J connectivity index is 2.03. The molecule has 162 valence electrons. The van der Waals surface area contributed by atoms with Crippen molar-refractivity contribution in [2.24, 2.45) is 4.99 Å². The summed E-state index contributed by atoms with van der Waals surface area (Å²) in [6.45, 7) is 8.84. The number of benzene rings is 1. The molecule has 0 saturated heterocycles. The van der Waals surface area contributed by atoms with Crippen LogP contribution in [0.2, 0.25) is 0 Å². The van der Waals surface area contributed by atoms with Crippen LogP contribution in [0, 0.1) is 0 Å². The molecule has 0 saturated carbocycles. The van der Waals surface area contributed by atoms with Crippen LogP contribution in [0.3, 0.4) is 0 Å². The second-order valence-corrected chi connectivity index (χ2v) is 7.36. The van der Waals surface area contributed by atoms with Gasteiger partial charge in [0, 0.05) is 46.9 Å². The van der Waals surface area contributed by atoms with E-state index < -0.39 is 0 Å². The highest BCUT2D eigenvalue weighted by Gasteiger charge is 2.20. The van der Waals surface area contributed by atoms with Crippen LogP contribution in [0.15, 0.2) is 23.2 Å². The highest BCUT2D eigenvalue weighted by atomic mass is 16.5. The van der Waals surface area contributed by atoms with Gasteiger partial charge in [-0.3, -0.25) is 4.79 Å². The number of rotatable bonds is 10. The maximum Gasteiger partial charge on any atom is 0.243 e. The summed E-state index contributed by atoms with van der Waals surface area (Å²) in [5, 5.41) is 3.41. The monoisotopic (exact) mass is 404 g/mol. The van der Waals surface area contributed by atoms with Gasteiger partial charge in [0.1, 0.15) is 12.3 Å². The lowest BCUT2D eigenvalue weighted by molar-refractivity contribution is -0.127. The van der Waals surface area contributed by atoms with Crippen LogP contribution in [0.25, 0.3) is 0 Å². The molecule has 0 unspecified atom stereocenters. The number of hydrogen-bond donors (Lipinski definition) is 1. The van der Waals surface area contributed by atoms with Gasteiger partial charge in [-0.25, -0.2) is 4.99 Å². The zero-order valence-electron chi connectivity index (χ0n) is 18.4. The van der Waals surface area contributed by atoms with Crippen molar-refractivity contribution in [1.82, 2.24) is 15.1 Å². The number of aliphatic imine (C=N–C) groups is 1. The minimum atomic E-state index is -0.00580. The summed E-state index contributed by atoms with van der Waals surface area (Å²) in [6, 6.07) is 6.34. The number of likely N-dealkylation sites (N-methyl/N-ethyl adjacent to an activating group) is 1. The van der Waals surface area contributed by atoms with E-state index in [-0.39, 0.29) is 12.5 Å². The quantitative estimate of drug-likeness (QED) is 0.368. The highest BCUT2D eigenvalue weighted by Crippen LogP contribution is 2.24. The molecule has 0 aromatic heterocycles. The summed E-state index contributed by atoms with van der Waals surface area (Å²) in [6.07, 6.45) is 2.84. The summed E-state index contributed by atoms with van der Waals surface area (Å²) in [5.74, 6) is 1.72. The van der Waals surface area contributed by atoms with E-state index in [2.05, 4.69) is 34.3 Å². The molecular weight excluding hydrogens is 368 g/mol. The minimum Gasteiger partial charge on any atom is -0.494 e. The van der Waals surface area contributed by atoms with Crippen LogP contribution in [0.5, 0.6) is 5.75 Å². The SMILES string of the molecule is CCCOc1ccc2c(c1)CCN(C(=NCC(=O)N(C)C)NCCCOCC)C2. The third-order valence-electron chi connectivity index (χ3n) is 4.78. The Morgan fingerprint density at radius 1 is 1.24 bits per heavy atom. The first-order chi connectivity index (χ1) is 14.0. The molecule has 7 nitrogen and oxygen atoms in total. The van der Waals surface area contributed by atoms with Crippen LogP contribution in [0.4, 0.5) is 0 Å². The van der Waals surface area contributed by atoms with Crippen molar-refractivity contribution in [3.63, 3.8) is 0 Å². The molecule has 0 fully saturated rings. The van der Waals surface area contributed by atoms with E-state index in [9.17, 15) is 4.79 Å². The number of guanidine groups is 1. The molecule has 0 atom stereocenters. The molecule has 1 amide bonds. The second-order valence-electron chi connectivity index (χ2n) is 7.36. The maximum absolute atomic E-state index is 12.0. The summed E-state index contributed by atoms with van der Waals surface area (Å²) in [5.41, 5.74) is 2.61. The van der Waals surface area contributed by atoms with Gasteiger partial charge < -0.3 is 24.6 Å². The molecular formula is C22H36N4O3. The third kappa shape index (κ3) is 7.57. The van der Waals surface area contributed by atoms with Crippen molar-refractivity contribution in [2.45, 2.75) is 39.7 Å². The fraction of sp³-hybridized carbons (Fsp3) is 0.636. The standard InChI is InChI=1S/C22H36N4O3/c1-5-13-29-20-9-8-19-17-26(12-10-18(19)15-20)22(23-11-7-14-28-6-2)24-16-21(27)25(3)4/h8-9,15H,5-7,10-14,16-17H2,1-4H3,(H,23,24). The van der Waals surface area contributed by atoms with Gasteiger partial charge >= 0.3 is 0 Å². The van der Waals surface area contributed by atoms with Crippen LogP contribution in [-0.2, 0) is 22.5 Å². The van der Waals surface area contributed by atoms with E-state index in [1.807, 2.05) is 13.0 Å². The predicted molar refractivity (Wildman–Crippen MR) is 116 cm³/mol. The Kier molecular flexibility index (Phi) is 9.77. The predicted octanol–water partition coefficient (Wildman–Crippen LogP) is 2.29. The largest absolute Gasteiger partial charge is 0.494 e. The zero-order valence-corrected chi connectivity index (χ0v) is 18.4. The Morgan fingerprint density at radius 2 is 2.07 bits per heavy atom. The average molecular weight is 405 g/mol. The van der Waals surface area contributed by atoms with Gasteiger partial charge in [0.05, 0.1) is 6.61 Å². The van der Waals surface area contributed by atoms with Gasteiger partial charge in [-0.2, -0.15) is 0 Å². The smallest absolute Gasteiger partial charge is 0.243 e. The average Bonchev–Trinajstić information content (AvgIpc) is 2.73. The number of amides is 1. The van der Waals surface area contributed by atoms with Gasteiger partial charge in [-0.05, 0) is 49.4 Å². The Morgan fingerprint density at radius 3 is 2.79 bits per heavy atom. The van der Waals surface area contributed by atoms with Crippen molar-refractivity contribution in [2.75, 3.05) is 53.6 Å². The van der Waals surface area contributed by atoms with Crippen molar-refractivity contribution in [3.05, 3.63) is 29.3 Å². The number of carbonyl (C=O) groups is 1. The van der Waals surface area contributed by atoms with Gasteiger partial charge in [-0.15, -0.1) is 0 Å². The molecule has 2 rings (SSSR count). The van der Waals surface area contributed by atoms with E-state index in [1.165, 1.54) is 11.1 Å². The van der Waals surface area contributed by atoms with E-state index in [1.54, 1.807) is 19.0 Å². The normalized spacial score (nSPS) is 13.8. The van der Waals surface area contributed by atoms with Crippen LogP contribution in [0.1, 0.15) is 37.8 Å². The molecule has 7 heteroatoms. The molecule has 1 heterocycles. The number of fused-ring (bicyclic) bond motifs is 1. The van der Waals surface area contributed by atoms with Crippen LogP contribution >= 0.6 is 0 Å². The molecule has 1 aromatic carbocycles. The van der Waals surface area contributed by atoms with Crippen LogP contribution in [-0.4, -0.2) is 75.2 Å². The maximum atomic E-state index is 12.0. The number of ether oxygens (including phenoxy) is 2. The molecule has 1 aliphatic rings. The number of carbonyl (C=O) groups excluding carboxylic acids is 1. The van der Waals surface area contributed by atoms with Gasteiger partial charge in [0.2, 0.25) is 5.91 Å². The number of nitrogens with zero attached hydrogens (tertiary/aromatic N) is 3. The Labute approximate surface area is 175 Å². The molecule has 1 aliphatic heterocycles. The fourth-order valence-electron chi connectivity index (χ4n) is 3.09. The second kappa shape index (κ2) is 12.3. The summed E-state index contributed by atoms with van der Waals surface area (Å²) >= 11 is 0. The molecule has 1 aromatic rings. The molecule has 29 heavy (non-hydrogen) atoms. The van der Waals surface area contributed by atoms with E-state index in [4.69, 9.17) is 9.47 Å². The van der Waals surface area contributed by atoms with Crippen molar-refractivity contribution in [3.8, 4) is 5.75 Å². The Bertz CT molecular complexity index is 676. The molecule has 0 radical (unpaired) electrons. The van der Waals surface area contributed by atoms with Gasteiger partial charge in [0.15, 0.2) is 5.96 Å². The summed E-state index contributed by atoms with van der Waals surface area (Å²) in [4.78, 5) is 20.4. The lowest BCUT2D eigenvalue weighted by Gasteiger charge is -2.32. The number of hydrogen-bond acceptors (Lipinski definition) is 4. The third-order valence-corrected chi connectivity index (χ3v) is 4.78. The van der Waals surface area contributed by atoms with E-state index >= 15 is 0 Å². The van der Waals surface area contributed by atoms with Gasteiger partial charge in [-0.1, -0.05) is 13.0 Å². The lowest BCUT2D eigenvalue weighted by Crippen LogP contribution is -2.45. The minimum absolute atomic E-state index is 0.00580. The van der Waals surface area contributed by atoms with Crippen molar-refractivity contribution in [1.29, 1.82) is 0 Å². The fourth-order valence-corrected chi connectivity index (χ4v) is 3.09. The van der Waals surface area contributed by atoms with Crippen molar-refractivity contribution < 1.29 is 14.3 Å². The van der Waals surface area contributed by atoms with Crippen LogP contribution < -0.4 is 10.1 Å². The summed E-state index contributed by atoms with van der Waals surface area (Å²) in [7, 11) is 3.50. The number of nitrogens with one attached hydrogen (secondary N) is 1. The molecule has 0 bridgehead atoms. The molecule has 0 spiro atoms. The zero-order chi connectivity index (χ0) is 21.1.